The molecule has 1 unspecified atom stereocenters. The average Bonchev–Trinajstić information content (AvgIpc) is 2.79. The van der Waals surface area contributed by atoms with Crippen molar-refractivity contribution in [2.75, 3.05) is 13.1 Å². The lowest BCUT2D eigenvalue weighted by Gasteiger charge is -2.42. The summed E-state index contributed by atoms with van der Waals surface area (Å²) in [4.78, 5) is 0. The van der Waals surface area contributed by atoms with Crippen molar-refractivity contribution in [1.82, 2.24) is 5.32 Å². The van der Waals surface area contributed by atoms with E-state index in [-0.39, 0.29) is 0 Å². The van der Waals surface area contributed by atoms with Gasteiger partial charge in [-0.15, -0.1) is 0 Å². The molecule has 1 saturated heterocycles. The Morgan fingerprint density at radius 1 is 1.18 bits per heavy atom. The summed E-state index contributed by atoms with van der Waals surface area (Å²) < 4.78 is 0. The third-order valence-corrected chi connectivity index (χ3v) is 4.93. The van der Waals surface area contributed by atoms with E-state index in [4.69, 9.17) is 0 Å². The first kappa shape index (κ1) is 11.3. The van der Waals surface area contributed by atoms with Crippen LogP contribution in [-0.2, 0) is 0 Å². The van der Waals surface area contributed by atoms with Gasteiger partial charge < -0.3 is 5.32 Å². The summed E-state index contributed by atoms with van der Waals surface area (Å²) in [6.07, 6.45) is 7.18. The van der Waals surface area contributed by atoms with Gasteiger partial charge in [0, 0.05) is 12.5 Å². The molecule has 0 amide bonds. The second kappa shape index (κ2) is 4.45. The van der Waals surface area contributed by atoms with Gasteiger partial charge in [0.2, 0.25) is 0 Å². The van der Waals surface area contributed by atoms with Crippen molar-refractivity contribution in [3.63, 3.8) is 0 Å². The van der Waals surface area contributed by atoms with Gasteiger partial charge in [0.25, 0.3) is 0 Å². The fourth-order valence-electron chi connectivity index (χ4n) is 4.01. The van der Waals surface area contributed by atoms with Gasteiger partial charge in [0.05, 0.1) is 0 Å². The molecule has 1 aliphatic carbocycles. The molecule has 1 saturated carbocycles. The van der Waals surface area contributed by atoms with Gasteiger partial charge in [-0.2, -0.15) is 0 Å². The van der Waals surface area contributed by atoms with Crippen LogP contribution >= 0.6 is 0 Å². The average molecular weight is 229 g/mol. The topological polar surface area (TPSA) is 12.0 Å². The summed E-state index contributed by atoms with van der Waals surface area (Å²) in [6, 6.07) is 9.17. The zero-order valence-electron chi connectivity index (χ0n) is 10.8. The normalized spacial score (nSPS) is 27.5. The number of hydrogen-bond donors (Lipinski definition) is 1. The van der Waals surface area contributed by atoms with Crippen LogP contribution in [0.4, 0.5) is 0 Å². The number of rotatable bonds is 1. The molecule has 2 fully saturated rings. The molecule has 1 N–H and O–H groups in total. The van der Waals surface area contributed by atoms with Crippen LogP contribution in [-0.4, -0.2) is 13.1 Å². The fourth-order valence-corrected chi connectivity index (χ4v) is 4.01. The second-order valence-corrected chi connectivity index (χ2v) is 5.99. The molecule has 1 heterocycles. The highest BCUT2D eigenvalue weighted by molar-refractivity contribution is 5.28. The lowest BCUT2D eigenvalue weighted by atomic mass is 9.66. The zero-order chi connectivity index (χ0) is 11.7. The van der Waals surface area contributed by atoms with Crippen molar-refractivity contribution >= 4 is 0 Å². The molecule has 92 valence electrons. The van der Waals surface area contributed by atoms with Gasteiger partial charge in [-0.3, -0.25) is 0 Å². The van der Waals surface area contributed by atoms with Crippen LogP contribution in [0.25, 0.3) is 0 Å². The largest absolute Gasteiger partial charge is 0.316 e. The molecule has 1 aromatic rings. The summed E-state index contributed by atoms with van der Waals surface area (Å²) >= 11 is 0. The monoisotopic (exact) mass is 229 g/mol. The van der Waals surface area contributed by atoms with Crippen LogP contribution in [0.5, 0.6) is 0 Å². The lowest BCUT2D eigenvalue weighted by Crippen LogP contribution is -2.42. The molecule has 1 atom stereocenters. The quantitative estimate of drug-likeness (QED) is 0.775. The molecule has 1 aromatic carbocycles. The van der Waals surface area contributed by atoms with Crippen molar-refractivity contribution in [1.29, 1.82) is 0 Å². The van der Waals surface area contributed by atoms with Crippen molar-refractivity contribution in [2.24, 2.45) is 5.41 Å². The molecule has 1 nitrogen and oxygen atoms in total. The van der Waals surface area contributed by atoms with Crippen LogP contribution in [0.2, 0.25) is 0 Å². The van der Waals surface area contributed by atoms with Gasteiger partial charge in [0.15, 0.2) is 0 Å². The van der Waals surface area contributed by atoms with Crippen LogP contribution in [0.1, 0.15) is 49.1 Å². The molecule has 17 heavy (non-hydrogen) atoms. The van der Waals surface area contributed by atoms with E-state index in [1.165, 1.54) is 50.8 Å². The fraction of sp³-hybridized carbons (Fsp3) is 0.625. The zero-order valence-corrected chi connectivity index (χ0v) is 10.8. The molecule has 1 spiro atoms. The first-order valence-electron chi connectivity index (χ1n) is 7.07. The van der Waals surface area contributed by atoms with Gasteiger partial charge >= 0.3 is 0 Å². The van der Waals surface area contributed by atoms with E-state index < -0.39 is 0 Å². The van der Waals surface area contributed by atoms with E-state index in [2.05, 4.69) is 36.5 Å². The third-order valence-electron chi connectivity index (χ3n) is 4.93. The number of nitrogens with one attached hydrogen (secondary N) is 1. The Bertz CT molecular complexity index is 390. The summed E-state index contributed by atoms with van der Waals surface area (Å²) in [6.45, 7) is 4.62. The van der Waals surface area contributed by atoms with Crippen molar-refractivity contribution in [3.05, 3.63) is 35.4 Å². The first-order chi connectivity index (χ1) is 8.30. The molecule has 1 heteroatoms. The van der Waals surface area contributed by atoms with E-state index in [9.17, 15) is 0 Å². The minimum Gasteiger partial charge on any atom is -0.316 e. The second-order valence-electron chi connectivity index (χ2n) is 5.99. The van der Waals surface area contributed by atoms with E-state index in [1.54, 1.807) is 5.56 Å². The van der Waals surface area contributed by atoms with Gasteiger partial charge in [-0.1, -0.05) is 42.7 Å². The Kier molecular flexibility index (Phi) is 2.96. The molecule has 2 aliphatic rings. The Labute approximate surface area is 105 Å². The molecular formula is C16H23N. The van der Waals surface area contributed by atoms with Gasteiger partial charge in [0.1, 0.15) is 0 Å². The number of hydrogen-bond acceptors (Lipinski definition) is 1. The highest BCUT2D eigenvalue weighted by Gasteiger charge is 2.43. The van der Waals surface area contributed by atoms with Crippen LogP contribution in [0.3, 0.4) is 0 Å². The van der Waals surface area contributed by atoms with E-state index in [1.807, 2.05) is 0 Å². The molecule has 0 radical (unpaired) electrons. The maximum absolute atomic E-state index is 3.60. The van der Waals surface area contributed by atoms with Crippen LogP contribution < -0.4 is 5.32 Å². The molecule has 3 rings (SSSR count). The van der Waals surface area contributed by atoms with Crippen LogP contribution in [0.15, 0.2) is 24.3 Å². The van der Waals surface area contributed by atoms with Gasteiger partial charge in [-0.25, -0.2) is 0 Å². The minimum absolute atomic E-state index is 0.624. The highest BCUT2D eigenvalue weighted by Crippen LogP contribution is 2.52. The highest BCUT2D eigenvalue weighted by atomic mass is 14.9. The predicted octanol–water partition coefficient (Wildman–Crippen LogP) is 3.63. The summed E-state index contributed by atoms with van der Waals surface area (Å²) in [5.74, 6) is 0.749. The molecular weight excluding hydrogens is 206 g/mol. The maximum Gasteiger partial charge on any atom is 0.00255 e. The standard InChI is InChI=1S/C16H23N/c1-13-5-4-6-14(11-13)15-12-17-10-9-16(15)7-2-3-8-16/h4-6,11,15,17H,2-3,7-10,12H2,1H3. The molecule has 0 bridgehead atoms. The Hall–Kier alpha value is -0.820. The first-order valence-corrected chi connectivity index (χ1v) is 7.07. The smallest absolute Gasteiger partial charge is 0.00255 e. The van der Waals surface area contributed by atoms with Crippen molar-refractivity contribution < 1.29 is 0 Å². The summed E-state index contributed by atoms with van der Waals surface area (Å²) in [5.41, 5.74) is 3.60. The van der Waals surface area contributed by atoms with E-state index in [0.29, 0.717) is 5.41 Å². The van der Waals surface area contributed by atoms with Crippen molar-refractivity contribution in [2.45, 2.75) is 44.9 Å². The molecule has 1 aliphatic heterocycles. The maximum atomic E-state index is 3.60. The van der Waals surface area contributed by atoms with Crippen molar-refractivity contribution in [3.8, 4) is 0 Å². The summed E-state index contributed by atoms with van der Waals surface area (Å²) in [5, 5.41) is 3.60. The Morgan fingerprint density at radius 3 is 2.76 bits per heavy atom. The van der Waals surface area contributed by atoms with Gasteiger partial charge in [-0.05, 0) is 43.7 Å². The Balaban J connectivity index is 1.93. The minimum atomic E-state index is 0.624. The Morgan fingerprint density at radius 2 is 2.00 bits per heavy atom. The SMILES string of the molecule is Cc1cccc(C2CNCCC23CCCC3)c1. The lowest BCUT2D eigenvalue weighted by molar-refractivity contribution is 0.170. The number of piperidine rings is 1. The third kappa shape index (κ3) is 2.01. The van der Waals surface area contributed by atoms with E-state index >= 15 is 0 Å². The van der Waals surface area contributed by atoms with E-state index in [0.717, 1.165) is 5.92 Å². The molecule has 0 aromatic heterocycles. The van der Waals surface area contributed by atoms with Crippen LogP contribution in [0, 0.1) is 12.3 Å². The number of benzene rings is 1. The number of aryl methyl sites for hydroxylation is 1. The summed E-state index contributed by atoms with van der Waals surface area (Å²) in [7, 11) is 0. The predicted molar refractivity (Wildman–Crippen MR) is 72.3 cm³/mol.